The highest BCUT2D eigenvalue weighted by Gasteiger charge is 2.30. The number of unbranched alkanes of at least 4 members (excludes halogenated alkanes) is 7. The zero-order valence-corrected chi connectivity index (χ0v) is 22.5. The van der Waals surface area contributed by atoms with Gasteiger partial charge >= 0.3 is 0 Å². The van der Waals surface area contributed by atoms with Gasteiger partial charge in [-0.15, -0.1) is 0 Å². The van der Waals surface area contributed by atoms with E-state index >= 15 is 0 Å². The second-order valence-corrected chi connectivity index (χ2v) is 11.9. The van der Waals surface area contributed by atoms with Crippen LogP contribution in [0.15, 0.2) is 24.3 Å². The van der Waals surface area contributed by atoms with E-state index in [1.165, 1.54) is 109 Å². The second-order valence-electron chi connectivity index (χ2n) is 11.9. The Balaban J connectivity index is 1.25. The Morgan fingerprint density at radius 1 is 0.485 bits per heavy atom. The summed E-state index contributed by atoms with van der Waals surface area (Å²) in [6.07, 6.45) is 30.6. The van der Waals surface area contributed by atoms with Gasteiger partial charge in [0.15, 0.2) is 0 Å². The summed E-state index contributed by atoms with van der Waals surface area (Å²) >= 11 is 0. The highest BCUT2D eigenvalue weighted by atomic mass is 14.4. The van der Waals surface area contributed by atoms with Crippen molar-refractivity contribution in [1.29, 1.82) is 0 Å². The van der Waals surface area contributed by atoms with Gasteiger partial charge in [-0.3, -0.25) is 0 Å². The maximum Gasteiger partial charge on any atom is -0.0276 e. The topological polar surface area (TPSA) is 0 Å². The fourth-order valence-electron chi connectivity index (χ4n) is 6.93. The molecule has 0 aliphatic heterocycles. The van der Waals surface area contributed by atoms with Gasteiger partial charge in [0.1, 0.15) is 0 Å². The molecule has 1 aromatic rings. The first kappa shape index (κ1) is 26.8. The fourth-order valence-corrected chi connectivity index (χ4v) is 6.93. The summed E-state index contributed by atoms with van der Waals surface area (Å²) in [6, 6.07) is 9.64. The Kier molecular flexibility index (Phi) is 13.0. The molecule has 0 heteroatoms. The zero-order chi connectivity index (χ0) is 23.1. The number of aryl methyl sites for hydroxylation is 2. The van der Waals surface area contributed by atoms with Crippen LogP contribution in [0.2, 0.25) is 0 Å². The first-order chi connectivity index (χ1) is 16.3. The van der Waals surface area contributed by atoms with E-state index in [4.69, 9.17) is 0 Å². The fraction of sp³-hybridized carbons (Fsp3) is 0.818. The summed E-state index contributed by atoms with van der Waals surface area (Å²) in [5.41, 5.74) is 3.11. The molecule has 0 amide bonds. The lowest BCUT2D eigenvalue weighted by Crippen LogP contribution is -2.26. The van der Waals surface area contributed by atoms with Gasteiger partial charge in [0.05, 0.1) is 0 Å². The van der Waals surface area contributed by atoms with Crippen LogP contribution in [0.25, 0.3) is 0 Å². The van der Waals surface area contributed by atoms with Gasteiger partial charge in [-0.1, -0.05) is 122 Å². The van der Waals surface area contributed by atoms with Crippen LogP contribution in [-0.2, 0) is 12.8 Å². The van der Waals surface area contributed by atoms with Crippen LogP contribution in [0.3, 0.4) is 0 Å². The van der Waals surface area contributed by atoms with E-state index in [9.17, 15) is 0 Å². The molecule has 0 bridgehead atoms. The molecule has 188 valence electrons. The minimum Gasteiger partial charge on any atom is -0.0654 e. The highest BCUT2D eigenvalue weighted by molar-refractivity contribution is 5.22. The van der Waals surface area contributed by atoms with Crippen molar-refractivity contribution in [1.82, 2.24) is 0 Å². The smallest absolute Gasteiger partial charge is 0.0276 e. The van der Waals surface area contributed by atoms with E-state index < -0.39 is 0 Å². The summed E-state index contributed by atoms with van der Waals surface area (Å²) < 4.78 is 0. The van der Waals surface area contributed by atoms with Crippen molar-refractivity contribution < 1.29 is 0 Å². The molecular weight excluding hydrogens is 396 g/mol. The third kappa shape index (κ3) is 10.2. The number of hydrogen-bond donors (Lipinski definition) is 0. The number of hydrogen-bond acceptors (Lipinski definition) is 0. The molecule has 2 aliphatic carbocycles. The second kappa shape index (κ2) is 16.0. The van der Waals surface area contributed by atoms with Gasteiger partial charge in [0, 0.05) is 0 Å². The molecule has 0 unspecified atom stereocenters. The first-order valence-corrected chi connectivity index (χ1v) is 15.4. The number of benzene rings is 1. The molecule has 0 radical (unpaired) electrons. The van der Waals surface area contributed by atoms with Crippen molar-refractivity contribution in [2.45, 2.75) is 149 Å². The van der Waals surface area contributed by atoms with Gasteiger partial charge in [-0.2, -0.15) is 0 Å². The van der Waals surface area contributed by atoms with Gasteiger partial charge < -0.3 is 0 Å². The van der Waals surface area contributed by atoms with Crippen LogP contribution in [-0.4, -0.2) is 0 Å². The Morgan fingerprint density at radius 2 is 0.939 bits per heavy atom. The van der Waals surface area contributed by atoms with E-state index in [1.807, 2.05) is 0 Å². The van der Waals surface area contributed by atoms with Crippen LogP contribution in [0, 0.1) is 23.7 Å². The normalized spacial score (nSPS) is 25.9. The molecule has 0 atom stereocenters. The standard InChI is InChI=1S/C33H56/c1-3-5-7-9-11-13-29-20-24-32(25-21-29)33-26-22-31(23-27-33)19-18-30-16-14-28(15-17-30)12-10-8-6-4-2/h14-17,29,31-33H,3-13,18-27H2,1-2H3/t29-,31-,32-,33-. The Labute approximate surface area is 207 Å². The highest BCUT2D eigenvalue weighted by Crippen LogP contribution is 2.43. The first-order valence-electron chi connectivity index (χ1n) is 15.4. The molecule has 2 aliphatic rings. The van der Waals surface area contributed by atoms with Crippen LogP contribution in [0.1, 0.15) is 147 Å². The van der Waals surface area contributed by atoms with Crippen molar-refractivity contribution in [2.24, 2.45) is 23.7 Å². The lowest BCUT2D eigenvalue weighted by atomic mass is 9.68. The Bertz CT molecular complexity index is 583. The summed E-state index contributed by atoms with van der Waals surface area (Å²) in [5, 5.41) is 0. The van der Waals surface area contributed by atoms with Crippen LogP contribution >= 0.6 is 0 Å². The molecule has 0 nitrogen and oxygen atoms in total. The molecule has 33 heavy (non-hydrogen) atoms. The predicted molar refractivity (Wildman–Crippen MR) is 147 cm³/mol. The SMILES string of the molecule is CCCCCCC[C@H]1CC[C@H]([C@H]2CC[C@H](CCc3ccc(CCCCCC)cc3)CC2)CC1. The van der Waals surface area contributed by atoms with Crippen LogP contribution in [0.5, 0.6) is 0 Å². The summed E-state index contributed by atoms with van der Waals surface area (Å²) in [7, 11) is 0. The van der Waals surface area contributed by atoms with Crippen LogP contribution < -0.4 is 0 Å². The molecule has 2 fully saturated rings. The van der Waals surface area contributed by atoms with E-state index in [0.29, 0.717) is 0 Å². The van der Waals surface area contributed by atoms with Gasteiger partial charge in [0.2, 0.25) is 0 Å². The average Bonchev–Trinajstić information content (AvgIpc) is 2.87. The zero-order valence-electron chi connectivity index (χ0n) is 22.5. The van der Waals surface area contributed by atoms with Gasteiger partial charge in [-0.05, 0) is 86.2 Å². The minimum atomic E-state index is 0.995. The van der Waals surface area contributed by atoms with Crippen molar-refractivity contribution in [3.63, 3.8) is 0 Å². The molecule has 3 rings (SSSR count). The number of rotatable bonds is 15. The van der Waals surface area contributed by atoms with Crippen molar-refractivity contribution in [3.05, 3.63) is 35.4 Å². The summed E-state index contributed by atoms with van der Waals surface area (Å²) in [4.78, 5) is 0. The van der Waals surface area contributed by atoms with E-state index in [0.717, 1.165) is 23.7 Å². The molecule has 0 N–H and O–H groups in total. The van der Waals surface area contributed by atoms with E-state index in [1.54, 1.807) is 36.8 Å². The lowest BCUT2D eigenvalue weighted by molar-refractivity contribution is 0.140. The molecule has 0 heterocycles. The van der Waals surface area contributed by atoms with Gasteiger partial charge in [0.25, 0.3) is 0 Å². The summed E-state index contributed by atoms with van der Waals surface area (Å²) in [6.45, 7) is 4.62. The maximum atomic E-state index is 2.42. The molecule has 2 saturated carbocycles. The predicted octanol–water partition coefficient (Wildman–Crippen LogP) is 10.7. The third-order valence-electron chi connectivity index (χ3n) is 9.35. The van der Waals surface area contributed by atoms with E-state index in [-0.39, 0.29) is 0 Å². The average molecular weight is 453 g/mol. The lowest BCUT2D eigenvalue weighted by Gasteiger charge is -2.38. The largest absolute Gasteiger partial charge is 0.0654 e. The van der Waals surface area contributed by atoms with Crippen LogP contribution in [0.4, 0.5) is 0 Å². The molecular formula is C33H56. The monoisotopic (exact) mass is 452 g/mol. The minimum absolute atomic E-state index is 0.995. The van der Waals surface area contributed by atoms with Gasteiger partial charge in [-0.25, -0.2) is 0 Å². The summed E-state index contributed by atoms with van der Waals surface area (Å²) in [5.74, 6) is 4.21. The third-order valence-corrected chi connectivity index (χ3v) is 9.35. The Morgan fingerprint density at radius 3 is 1.48 bits per heavy atom. The maximum absolute atomic E-state index is 2.42. The van der Waals surface area contributed by atoms with E-state index in [2.05, 4.69) is 38.1 Å². The molecule has 0 saturated heterocycles. The molecule has 1 aromatic carbocycles. The quantitative estimate of drug-likeness (QED) is 0.232. The van der Waals surface area contributed by atoms with Crippen molar-refractivity contribution >= 4 is 0 Å². The Hall–Kier alpha value is -0.780. The van der Waals surface area contributed by atoms with Crippen molar-refractivity contribution in [3.8, 4) is 0 Å². The molecule has 0 aromatic heterocycles. The van der Waals surface area contributed by atoms with Crippen molar-refractivity contribution in [2.75, 3.05) is 0 Å². The molecule has 0 spiro atoms.